The number of aromatic nitrogens is 2. The van der Waals surface area contributed by atoms with Crippen LogP contribution in [0.4, 0.5) is 0 Å². The molecule has 0 spiro atoms. The minimum atomic E-state index is 0.0732. The summed E-state index contributed by atoms with van der Waals surface area (Å²) in [4.78, 5) is 18.6. The summed E-state index contributed by atoms with van der Waals surface area (Å²) in [5.74, 6) is 2.65. The van der Waals surface area contributed by atoms with E-state index in [9.17, 15) is 4.79 Å². The molecule has 2 aliphatic heterocycles. The van der Waals surface area contributed by atoms with Crippen molar-refractivity contribution in [2.45, 2.75) is 45.4 Å². The van der Waals surface area contributed by atoms with Gasteiger partial charge in [0.2, 0.25) is 11.8 Å². The maximum Gasteiger partial charge on any atom is 0.229 e. The standard InChI is InChI=1S/C16H25N3O3/c1-11(2)16(20)19-6-3-12(10-19)9-14-17-15(22-18-14)13-4-7-21-8-5-13/h11-13H,3-10H2,1-2H3. The van der Waals surface area contributed by atoms with E-state index in [0.717, 1.165) is 63.7 Å². The number of rotatable bonds is 4. The number of nitrogens with zero attached hydrogens (tertiary/aromatic N) is 3. The summed E-state index contributed by atoms with van der Waals surface area (Å²) in [6.45, 7) is 7.13. The number of carbonyl (C=O) groups excluding carboxylic acids is 1. The van der Waals surface area contributed by atoms with Crippen molar-refractivity contribution in [2.24, 2.45) is 11.8 Å². The van der Waals surface area contributed by atoms with Gasteiger partial charge in [-0.15, -0.1) is 0 Å². The lowest BCUT2D eigenvalue weighted by molar-refractivity contribution is -0.133. The molecule has 1 unspecified atom stereocenters. The third-order valence-corrected chi connectivity index (χ3v) is 4.62. The number of likely N-dealkylation sites (tertiary alicyclic amines) is 1. The van der Waals surface area contributed by atoms with Crippen molar-refractivity contribution in [3.05, 3.63) is 11.7 Å². The molecular weight excluding hydrogens is 282 g/mol. The summed E-state index contributed by atoms with van der Waals surface area (Å²) in [7, 11) is 0. The van der Waals surface area contributed by atoms with E-state index in [1.165, 1.54) is 0 Å². The molecule has 2 fully saturated rings. The maximum absolute atomic E-state index is 12.0. The lowest BCUT2D eigenvalue weighted by atomic mass is 10.0. The van der Waals surface area contributed by atoms with Crippen molar-refractivity contribution in [2.75, 3.05) is 26.3 Å². The third kappa shape index (κ3) is 3.48. The first kappa shape index (κ1) is 15.5. The maximum atomic E-state index is 12.0. The lowest BCUT2D eigenvalue weighted by Crippen LogP contribution is -2.32. The fourth-order valence-electron chi connectivity index (χ4n) is 3.28. The van der Waals surface area contributed by atoms with Crippen molar-refractivity contribution in [3.8, 4) is 0 Å². The first-order valence-corrected chi connectivity index (χ1v) is 8.32. The molecule has 6 nitrogen and oxygen atoms in total. The van der Waals surface area contributed by atoms with Crippen LogP contribution in [0.2, 0.25) is 0 Å². The topological polar surface area (TPSA) is 68.5 Å². The molecule has 0 N–H and O–H groups in total. The fraction of sp³-hybridized carbons (Fsp3) is 0.812. The van der Waals surface area contributed by atoms with Crippen molar-refractivity contribution >= 4 is 5.91 Å². The Morgan fingerprint density at radius 2 is 2.09 bits per heavy atom. The smallest absolute Gasteiger partial charge is 0.229 e. The summed E-state index contributed by atoms with van der Waals surface area (Å²) < 4.78 is 10.8. The van der Waals surface area contributed by atoms with E-state index >= 15 is 0 Å². The molecule has 2 saturated heterocycles. The molecule has 0 saturated carbocycles. The Morgan fingerprint density at radius 3 is 2.82 bits per heavy atom. The van der Waals surface area contributed by atoms with E-state index in [4.69, 9.17) is 9.26 Å². The van der Waals surface area contributed by atoms with Crippen LogP contribution in [0.5, 0.6) is 0 Å². The highest BCUT2D eigenvalue weighted by molar-refractivity contribution is 5.78. The second kappa shape index (κ2) is 6.77. The van der Waals surface area contributed by atoms with E-state index < -0.39 is 0 Å². The van der Waals surface area contributed by atoms with Gasteiger partial charge in [-0.05, 0) is 25.2 Å². The molecular formula is C16H25N3O3. The van der Waals surface area contributed by atoms with E-state index in [2.05, 4.69) is 10.1 Å². The van der Waals surface area contributed by atoms with E-state index in [-0.39, 0.29) is 11.8 Å². The second-order valence-corrected chi connectivity index (χ2v) is 6.73. The van der Waals surface area contributed by atoms with Crippen LogP contribution >= 0.6 is 0 Å². The average molecular weight is 307 g/mol. The van der Waals surface area contributed by atoms with Gasteiger partial charge < -0.3 is 14.2 Å². The van der Waals surface area contributed by atoms with Crippen molar-refractivity contribution in [3.63, 3.8) is 0 Å². The normalized spacial score (nSPS) is 23.4. The number of ether oxygens (including phenoxy) is 1. The predicted octanol–water partition coefficient (Wildman–Crippen LogP) is 2.01. The van der Waals surface area contributed by atoms with Gasteiger partial charge in [-0.1, -0.05) is 19.0 Å². The van der Waals surface area contributed by atoms with E-state index in [1.54, 1.807) is 0 Å². The second-order valence-electron chi connectivity index (χ2n) is 6.73. The summed E-state index contributed by atoms with van der Waals surface area (Å²) >= 11 is 0. The van der Waals surface area contributed by atoms with Gasteiger partial charge in [0.1, 0.15) is 0 Å². The molecule has 0 radical (unpaired) electrons. The van der Waals surface area contributed by atoms with Crippen molar-refractivity contribution in [1.82, 2.24) is 15.0 Å². The molecule has 1 atom stereocenters. The average Bonchev–Trinajstić information content (AvgIpc) is 3.17. The van der Waals surface area contributed by atoms with E-state index in [1.807, 2.05) is 18.7 Å². The predicted molar refractivity (Wildman–Crippen MR) is 80.3 cm³/mol. The quantitative estimate of drug-likeness (QED) is 0.851. The summed E-state index contributed by atoms with van der Waals surface area (Å²) in [5, 5.41) is 4.13. The molecule has 22 heavy (non-hydrogen) atoms. The Morgan fingerprint density at radius 1 is 1.32 bits per heavy atom. The van der Waals surface area contributed by atoms with Gasteiger partial charge in [0, 0.05) is 44.6 Å². The summed E-state index contributed by atoms with van der Waals surface area (Å²) in [6.07, 6.45) is 3.75. The Balaban J connectivity index is 1.54. The molecule has 0 aliphatic carbocycles. The van der Waals surface area contributed by atoms with Crippen LogP contribution < -0.4 is 0 Å². The molecule has 3 rings (SSSR count). The first-order valence-electron chi connectivity index (χ1n) is 8.32. The highest BCUT2D eigenvalue weighted by atomic mass is 16.5. The van der Waals surface area contributed by atoms with E-state index in [0.29, 0.717) is 11.8 Å². The third-order valence-electron chi connectivity index (χ3n) is 4.62. The number of carbonyl (C=O) groups is 1. The highest BCUT2D eigenvalue weighted by Gasteiger charge is 2.29. The van der Waals surface area contributed by atoms with Crippen molar-refractivity contribution < 1.29 is 14.1 Å². The summed E-state index contributed by atoms with van der Waals surface area (Å²) in [6, 6.07) is 0. The molecule has 1 aromatic rings. The van der Waals surface area contributed by atoms with Gasteiger partial charge in [-0.3, -0.25) is 4.79 Å². The van der Waals surface area contributed by atoms with Gasteiger partial charge in [-0.25, -0.2) is 0 Å². The molecule has 3 heterocycles. The Labute approximate surface area is 131 Å². The summed E-state index contributed by atoms with van der Waals surface area (Å²) in [5.41, 5.74) is 0. The number of hydrogen-bond donors (Lipinski definition) is 0. The Bertz CT molecular complexity index is 508. The molecule has 6 heteroatoms. The van der Waals surface area contributed by atoms with Gasteiger partial charge in [0.25, 0.3) is 0 Å². The number of hydrogen-bond acceptors (Lipinski definition) is 5. The van der Waals surface area contributed by atoms with Gasteiger partial charge in [-0.2, -0.15) is 4.98 Å². The zero-order chi connectivity index (χ0) is 15.5. The zero-order valence-corrected chi connectivity index (χ0v) is 13.5. The Kier molecular flexibility index (Phi) is 4.76. The monoisotopic (exact) mass is 307 g/mol. The van der Waals surface area contributed by atoms with Crippen LogP contribution in [-0.2, 0) is 16.0 Å². The molecule has 0 aromatic carbocycles. The minimum absolute atomic E-state index is 0.0732. The first-order chi connectivity index (χ1) is 10.6. The van der Waals surface area contributed by atoms with Crippen LogP contribution in [0, 0.1) is 11.8 Å². The zero-order valence-electron chi connectivity index (χ0n) is 13.5. The molecule has 0 bridgehead atoms. The largest absolute Gasteiger partial charge is 0.381 e. The molecule has 1 amide bonds. The van der Waals surface area contributed by atoms with Crippen molar-refractivity contribution in [1.29, 1.82) is 0 Å². The van der Waals surface area contributed by atoms with Crippen LogP contribution in [-0.4, -0.2) is 47.3 Å². The van der Waals surface area contributed by atoms with Crippen LogP contribution in [0.3, 0.4) is 0 Å². The molecule has 2 aliphatic rings. The van der Waals surface area contributed by atoms with Crippen LogP contribution in [0.1, 0.15) is 50.7 Å². The highest BCUT2D eigenvalue weighted by Crippen LogP contribution is 2.26. The van der Waals surface area contributed by atoms with Crippen LogP contribution in [0.15, 0.2) is 4.52 Å². The van der Waals surface area contributed by atoms with Gasteiger partial charge in [0.15, 0.2) is 5.82 Å². The number of amides is 1. The SMILES string of the molecule is CC(C)C(=O)N1CCC(Cc2noc(C3CCOCC3)n2)C1. The minimum Gasteiger partial charge on any atom is -0.381 e. The molecule has 1 aromatic heterocycles. The fourth-order valence-corrected chi connectivity index (χ4v) is 3.28. The lowest BCUT2D eigenvalue weighted by Gasteiger charge is -2.18. The van der Waals surface area contributed by atoms with Crippen LogP contribution in [0.25, 0.3) is 0 Å². The van der Waals surface area contributed by atoms with Gasteiger partial charge in [0.05, 0.1) is 0 Å². The van der Waals surface area contributed by atoms with Gasteiger partial charge >= 0.3 is 0 Å². The molecule has 122 valence electrons. The Hall–Kier alpha value is -1.43.